The molecule has 9 heteroatoms. The highest BCUT2D eigenvalue weighted by Crippen LogP contribution is 2.38. The van der Waals surface area contributed by atoms with Gasteiger partial charge >= 0.3 is 5.97 Å². The maximum absolute atomic E-state index is 13.2. The van der Waals surface area contributed by atoms with Crippen LogP contribution in [-0.4, -0.2) is 54.7 Å². The molecule has 0 spiro atoms. The summed E-state index contributed by atoms with van der Waals surface area (Å²) in [4.78, 5) is 28.1. The van der Waals surface area contributed by atoms with Crippen LogP contribution < -0.4 is 14.4 Å². The highest BCUT2D eigenvalue weighted by molar-refractivity contribution is 6.32. The first-order valence-corrected chi connectivity index (χ1v) is 12.9. The standard InChI is InChI=1S/C30H28ClN3O5/c1-2-38-27-18-22(17-26(31)28(27)39-20-21-8-10-23(11-9-21)30(36)37)16-24(19-32)29(35)34-14-12-33(13-15-34)25-6-4-3-5-7-25/h3-11,16-18H,2,12-15,20H2,1H3,(H,36,37)/b24-16-. The highest BCUT2D eigenvalue weighted by atomic mass is 35.5. The van der Waals surface area contributed by atoms with Crippen molar-refractivity contribution in [3.63, 3.8) is 0 Å². The van der Waals surface area contributed by atoms with E-state index in [2.05, 4.69) is 4.90 Å². The van der Waals surface area contributed by atoms with Gasteiger partial charge in [0.2, 0.25) is 0 Å². The van der Waals surface area contributed by atoms with Crippen LogP contribution in [0.2, 0.25) is 5.02 Å². The van der Waals surface area contributed by atoms with E-state index in [9.17, 15) is 14.9 Å². The predicted molar refractivity (Wildman–Crippen MR) is 149 cm³/mol. The molecule has 0 atom stereocenters. The third-order valence-electron chi connectivity index (χ3n) is 6.27. The zero-order valence-corrected chi connectivity index (χ0v) is 22.2. The van der Waals surface area contributed by atoms with E-state index in [0.29, 0.717) is 49.8 Å². The molecule has 0 saturated carbocycles. The average molecular weight is 546 g/mol. The number of carboxylic acids is 1. The zero-order valence-electron chi connectivity index (χ0n) is 21.5. The van der Waals surface area contributed by atoms with Crippen molar-refractivity contribution in [3.05, 3.63) is 94.0 Å². The summed E-state index contributed by atoms with van der Waals surface area (Å²) in [7, 11) is 0. The second-order valence-electron chi connectivity index (χ2n) is 8.84. The molecule has 3 aromatic rings. The summed E-state index contributed by atoms with van der Waals surface area (Å²) in [5, 5.41) is 19.1. The molecule has 0 unspecified atom stereocenters. The number of carbonyl (C=O) groups excluding carboxylic acids is 1. The first-order chi connectivity index (χ1) is 18.9. The molecule has 1 saturated heterocycles. The number of halogens is 1. The van der Waals surface area contributed by atoms with Crippen LogP contribution in [0.4, 0.5) is 5.69 Å². The first-order valence-electron chi connectivity index (χ1n) is 12.5. The number of ether oxygens (including phenoxy) is 2. The lowest BCUT2D eigenvalue weighted by atomic mass is 10.1. The van der Waals surface area contributed by atoms with Gasteiger partial charge < -0.3 is 24.4 Å². The molecule has 0 radical (unpaired) electrons. The summed E-state index contributed by atoms with van der Waals surface area (Å²) in [5.41, 5.74) is 2.60. The SMILES string of the molecule is CCOc1cc(/C=C(/C#N)C(=O)N2CCN(c3ccccc3)CC2)cc(Cl)c1OCc1ccc(C(=O)O)cc1. The molecule has 1 N–H and O–H groups in total. The smallest absolute Gasteiger partial charge is 0.335 e. The normalized spacial score (nSPS) is 13.5. The zero-order chi connectivity index (χ0) is 27.8. The minimum Gasteiger partial charge on any atom is -0.490 e. The molecule has 1 amide bonds. The number of piperazine rings is 1. The second kappa shape index (κ2) is 12.9. The van der Waals surface area contributed by atoms with E-state index in [0.717, 1.165) is 11.3 Å². The summed E-state index contributed by atoms with van der Waals surface area (Å²) in [6, 6.07) is 21.7. The van der Waals surface area contributed by atoms with Gasteiger partial charge in [0, 0.05) is 31.9 Å². The number of nitriles is 1. The van der Waals surface area contributed by atoms with E-state index in [1.165, 1.54) is 18.2 Å². The van der Waals surface area contributed by atoms with E-state index < -0.39 is 5.97 Å². The summed E-state index contributed by atoms with van der Waals surface area (Å²) in [6.07, 6.45) is 1.51. The van der Waals surface area contributed by atoms with E-state index >= 15 is 0 Å². The van der Waals surface area contributed by atoms with Gasteiger partial charge in [-0.25, -0.2) is 4.79 Å². The monoisotopic (exact) mass is 545 g/mol. The van der Waals surface area contributed by atoms with Crippen LogP contribution in [0.3, 0.4) is 0 Å². The van der Waals surface area contributed by atoms with Crippen molar-refractivity contribution >= 4 is 35.2 Å². The van der Waals surface area contributed by atoms with Crippen LogP contribution >= 0.6 is 11.6 Å². The van der Waals surface area contributed by atoms with Crippen molar-refractivity contribution in [1.29, 1.82) is 5.26 Å². The lowest BCUT2D eigenvalue weighted by Gasteiger charge is -2.36. The summed E-state index contributed by atoms with van der Waals surface area (Å²) in [6.45, 7) is 4.70. The van der Waals surface area contributed by atoms with Crippen molar-refractivity contribution < 1.29 is 24.2 Å². The molecule has 1 fully saturated rings. The number of benzene rings is 3. The number of carbonyl (C=O) groups is 2. The van der Waals surface area contributed by atoms with Crippen LogP contribution in [0.15, 0.2) is 72.3 Å². The number of aromatic carboxylic acids is 1. The van der Waals surface area contributed by atoms with Crippen LogP contribution in [0.5, 0.6) is 11.5 Å². The number of rotatable bonds is 9. The van der Waals surface area contributed by atoms with E-state index in [1.807, 2.05) is 43.3 Å². The van der Waals surface area contributed by atoms with E-state index in [4.69, 9.17) is 26.2 Å². The van der Waals surface area contributed by atoms with Gasteiger partial charge in [0.05, 0.1) is 17.2 Å². The summed E-state index contributed by atoms with van der Waals surface area (Å²) < 4.78 is 11.7. The van der Waals surface area contributed by atoms with Crippen molar-refractivity contribution in [3.8, 4) is 17.6 Å². The van der Waals surface area contributed by atoms with E-state index in [-0.39, 0.29) is 28.7 Å². The topological polar surface area (TPSA) is 103 Å². The molecule has 0 bridgehead atoms. The Labute approximate surface area is 232 Å². The average Bonchev–Trinajstić information content (AvgIpc) is 2.96. The maximum atomic E-state index is 13.2. The number of nitrogens with zero attached hydrogens (tertiary/aromatic N) is 3. The van der Waals surface area contributed by atoms with Gasteiger partial charge in [-0.15, -0.1) is 0 Å². The Balaban J connectivity index is 1.47. The van der Waals surface area contributed by atoms with Crippen LogP contribution in [0, 0.1) is 11.3 Å². The third-order valence-corrected chi connectivity index (χ3v) is 6.55. The molecule has 1 heterocycles. The molecule has 1 aliphatic rings. The van der Waals surface area contributed by atoms with Gasteiger partial charge in [-0.1, -0.05) is 41.9 Å². The van der Waals surface area contributed by atoms with Gasteiger partial charge in [-0.2, -0.15) is 5.26 Å². The number of para-hydroxylation sites is 1. The fourth-order valence-corrected chi connectivity index (χ4v) is 4.53. The minimum absolute atomic E-state index is 0.00821. The first kappa shape index (κ1) is 27.6. The predicted octanol–water partition coefficient (Wildman–Crippen LogP) is 5.27. The lowest BCUT2D eigenvalue weighted by molar-refractivity contribution is -0.126. The molecule has 1 aliphatic heterocycles. The number of anilines is 1. The fraction of sp³-hybridized carbons (Fsp3) is 0.233. The molecule has 39 heavy (non-hydrogen) atoms. The summed E-state index contributed by atoms with van der Waals surface area (Å²) >= 11 is 6.54. The fourth-order valence-electron chi connectivity index (χ4n) is 4.26. The summed E-state index contributed by atoms with van der Waals surface area (Å²) in [5.74, 6) is -0.638. The number of amides is 1. The largest absolute Gasteiger partial charge is 0.490 e. The molecule has 0 aromatic heterocycles. The molecule has 0 aliphatic carbocycles. The Morgan fingerprint density at radius 2 is 1.72 bits per heavy atom. The van der Waals surface area contributed by atoms with E-state index in [1.54, 1.807) is 29.2 Å². The molecule has 200 valence electrons. The van der Waals surface area contributed by atoms with Crippen molar-refractivity contribution in [2.24, 2.45) is 0 Å². The van der Waals surface area contributed by atoms with Crippen LogP contribution in [0.25, 0.3) is 6.08 Å². The Morgan fingerprint density at radius 3 is 2.33 bits per heavy atom. The van der Waals surface area contributed by atoms with Gasteiger partial charge in [0.1, 0.15) is 18.2 Å². The molecular weight excluding hydrogens is 518 g/mol. The Hall–Kier alpha value is -4.48. The van der Waals surface area contributed by atoms with Gasteiger partial charge in [-0.3, -0.25) is 4.79 Å². The minimum atomic E-state index is -1.00. The molecular formula is C30H28ClN3O5. The molecule has 8 nitrogen and oxygen atoms in total. The number of hydrogen-bond donors (Lipinski definition) is 1. The number of hydrogen-bond acceptors (Lipinski definition) is 6. The Morgan fingerprint density at radius 1 is 1.03 bits per heavy atom. The molecule has 3 aromatic carbocycles. The van der Waals surface area contributed by atoms with Crippen LogP contribution in [0.1, 0.15) is 28.4 Å². The second-order valence-corrected chi connectivity index (χ2v) is 9.25. The highest BCUT2D eigenvalue weighted by Gasteiger charge is 2.24. The lowest BCUT2D eigenvalue weighted by Crippen LogP contribution is -2.49. The van der Waals surface area contributed by atoms with Crippen molar-refractivity contribution in [1.82, 2.24) is 4.90 Å². The van der Waals surface area contributed by atoms with Crippen molar-refractivity contribution in [2.45, 2.75) is 13.5 Å². The quantitative estimate of drug-likeness (QED) is 0.288. The Kier molecular flexibility index (Phi) is 9.08. The van der Waals surface area contributed by atoms with Gasteiger partial charge in [-0.05, 0) is 60.5 Å². The van der Waals surface area contributed by atoms with Gasteiger partial charge in [0.15, 0.2) is 11.5 Å². The Bertz CT molecular complexity index is 1390. The molecule has 4 rings (SSSR count). The third kappa shape index (κ3) is 6.89. The van der Waals surface area contributed by atoms with Gasteiger partial charge in [0.25, 0.3) is 5.91 Å². The number of carboxylic acid groups (broad SMARTS) is 1. The van der Waals surface area contributed by atoms with Crippen molar-refractivity contribution in [2.75, 3.05) is 37.7 Å². The maximum Gasteiger partial charge on any atom is 0.335 e. The van der Waals surface area contributed by atoms with Crippen LogP contribution in [-0.2, 0) is 11.4 Å².